The minimum atomic E-state index is 0.949. The van der Waals surface area contributed by atoms with Crippen LogP contribution in [0.1, 0.15) is 51.7 Å². The first-order valence-electron chi connectivity index (χ1n) is 11.2. The minimum absolute atomic E-state index is 0.949. The van der Waals surface area contributed by atoms with Crippen molar-refractivity contribution in [3.63, 3.8) is 0 Å². The molecule has 2 heteroatoms. The summed E-state index contributed by atoms with van der Waals surface area (Å²) < 4.78 is 4.58. The zero-order chi connectivity index (χ0) is 21.4. The second-order valence-electron chi connectivity index (χ2n) is 7.37. The van der Waals surface area contributed by atoms with E-state index in [1.54, 1.807) is 0 Å². The molecule has 2 heterocycles. The highest BCUT2D eigenvalue weighted by atomic mass is 15.0. The maximum absolute atomic E-state index is 2.42. The Hall–Kier alpha value is -2.48. The van der Waals surface area contributed by atoms with Crippen LogP contribution in [0.15, 0.2) is 60.9 Å². The Labute approximate surface area is 177 Å². The number of hydrogen-bond acceptors (Lipinski definition) is 0. The SMILES string of the molecule is CC.CC.Cc1cn(C)c2ccccc12.Cc1cn(CC2CC2)c2ccccc12. The van der Waals surface area contributed by atoms with Crippen molar-refractivity contribution in [1.29, 1.82) is 0 Å². The first kappa shape index (κ1) is 22.8. The number of benzene rings is 2. The molecule has 0 N–H and O–H groups in total. The van der Waals surface area contributed by atoms with E-state index in [4.69, 9.17) is 0 Å². The predicted molar refractivity (Wildman–Crippen MR) is 130 cm³/mol. The van der Waals surface area contributed by atoms with Gasteiger partial charge in [0.2, 0.25) is 0 Å². The molecule has 2 aromatic heterocycles. The number of nitrogens with zero attached hydrogens (tertiary/aromatic N) is 2. The average Bonchev–Trinajstić information content (AvgIpc) is 3.48. The third-order valence-corrected chi connectivity index (χ3v) is 5.24. The third-order valence-electron chi connectivity index (χ3n) is 5.24. The first-order valence-corrected chi connectivity index (χ1v) is 11.2. The van der Waals surface area contributed by atoms with Crippen LogP contribution in [0.5, 0.6) is 0 Å². The zero-order valence-corrected chi connectivity index (χ0v) is 19.4. The lowest BCUT2D eigenvalue weighted by Crippen LogP contribution is -1.96. The molecule has 2 aromatic carbocycles. The summed E-state index contributed by atoms with van der Waals surface area (Å²) in [6.45, 7) is 13.6. The van der Waals surface area contributed by atoms with Crippen LogP contribution in [0.2, 0.25) is 0 Å². The quantitative estimate of drug-likeness (QED) is 0.329. The van der Waals surface area contributed by atoms with Gasteiger partial charge in [-0.25, -0.2) is 0 Å². The van der Waals surface area contributed by atoms with E-state index in [-0.39, 0.29) is 0 Å². The molecule has 0 unspecified atom stereocenters. The molecule has 4 aromatic rings. The van der Waals surface area contributed by atoms with Crippen molar-refractivity contribution in [3.8, 4) is 0 Å². The van der Waals surface area contributed by atoms with Crippen LogP contribution < -0.4 is 0 Å². The lowest BCUT2D eigenvalue weighted by Gasteiger charge is -2.02. The summed E-state index contributed by atoms with van der Waals surface area (Å²) in [6, 6.07) is 17.1. The number of rotatable bonds is 2. The molecule has 0 radical (unpaired) electrons. The summed E-state index contributed by atoms with van der Waals surface area (Å²) in [4.78, 5) is 0. The van der Waals surface area contributed by atoms with Crippen molar-refractivity contribution < 1.29 is 0 Å². The van der Waals surface area contributed by atoms with Gasteiger partial charge in [-0.2, -0.15) is 0 Å². The Morgan fingerprint density at radius 1 is 0.724 bits per heavy atom. The Kier molecular flexibility index (Phi) is 8.57. The second kappa shape index (κ2) is 10.9. The molecule has 2 nitrogen and oxygen atoms in total. The van der Waals surface area contributed by atoms with Crippen molar-refractivity contribution in [2.45, 2.75) is 60.9 Å². The molecule has 1 saturated carbocycles. The van der Waals surface area contributed by atoms with Crippen molar-refractivity contribution in [1.82, 2.24) is 9.13 Å². The van der Waals surface area contributed by atoms with Gasteiger partial charge in [0.15, 0.2) is 0 Å². The van der Waals surface area contributed by atoms with Crippen molar-refractivity contribution in [3.05, 3.63) is 72.1 Å². The smallest absolute Gasteiger partial charge is 0.0483 e. The molecule has 0 aliphatic heterocycles. The molecule has 1 fully saturated rings. The van der Waals surface area contributed by atoms with Gasteiger partial charge in [0.25, 0.3) is 0 Å². The first-order chi connectivity index (χ1) is 14.1. The van der Waals surface area contributed by atoms with E-state index < -0.39 is 0 Å². The summed E-state index contributed by atoms with van der Waals surface area (Å²) in [5, 5.41) is 2.77. The van der Waals surface area contributed by atoms with Crippen LogP contribution in [0.25, 0.3) is 21.8 Å². The standard InChI is InChI=1S/C13H15N.C10H11N.2C2H6/c1-10-8-14(9-11-6-7-11)13-5-3-2-4-12(10)13;1-8-7-11(2)10-6-4-3-5-9(8)10;2*1-2/h2-5,8,11H,6-7,9H2,1H3;3-7H,1-2H3;2*1-2H3. The summed E-state index contributed by atoms with van der Waals surface area (Å²) in [7, 11) is 2.08. The summed E-state index contributed by atoms with van der Waals surface area (Å²) >= 11 is 0. The fourth-order valence-electron chi connectivity index (χ4n) is 3.70. The number of fused-ring (bicyclic) bond motifs is 2. The van der Waals surface area contributed by atoms with Crippen LogP contribution in [0, 0.1) is 19.8 Å². The molecule has 0 spiro atoms. The average molecular weight is 391 g/mol. The molecule has 0 amide bonds. The number of hydrogen-bond donors (Lipinski definition) is 0. The lowest BCUT2D eigenvalue weighted by atomic mass is 10.2. The number of aromatic nitrogens is 2. The monoisotopic (exact) mass is 390 g/mol. The molecular weight excluding hydrogens is 352 g/mol. The molecule has 1 aliphatic rings. The van der Waals surface area contributed by atoms with E-state index in [0.29, 0.717) is 0 Å². The number of para-hydroxylation sites is 2. The molecule has 0 bridgehead atoms. The normalized spacial score (nSPS) is 12.4. The highest BCUT2D eigenvalue weighted by Crippen LogP contribution is 2.32. The van der Waals surface area contributed by atoms with Crippen molar-refractivity contribution in [2.75, 3.05) is 0 Å². The fraction of sp³-hybridized carbons (Fsp3) is 0.407. The molecule has 0 saturated heterocycles. The zero-order valence-electron chi connectivity index (χ0n) is 19.4. The third kappa shape index (κ3) is 5.53. The van der Waals surface area contributed by atoms with E-state index in [1.807, 2.05) is 27.7 Å². The molecule has 1 aliphatic carbocycles. The number of aryl methyl sites for hydroxylation is 3. The molecule has 156 valence electrons. The van der Waals surface area contributed by atoms with Crippen LogP contribution in [-0.4, -0.2) is 9.13 Å². The van der Waals surface area contributed by atoms with E-state index in [2.05, 4.69) is 91.0 Å². The fourth-order valence-corrected chi connectivity index (χ4v) is 3.70. The minimum Gasteiger partial charge on any atom is -0.350 e. The largest absolute Gasteiger partial charge is 0.350 e. The van der Waals surface area contributed by atoms with E-state index in [0.717, 1.165) is 5.92 Å². The van der Waals surface area contributed by atoms with Gasteiger partial charge in [-0.05, 0) is 55.9 Å². The maximum atomic E-state index is 2.42. The van der Waals surface area contributed by atoms with Gasteiger partial charge in [0.05, 0.1) is 0 Å². The molecular formula is C27H38N2. The van der Waals surface area contributed by atoms with Crippen LogP contribution >= 0.6 is 0 Å². The summed E-state index contributed by atoms with van der Waals surface area (Å²) in [6.07, 6.45) is 7.30. The predicted octanol–water partition coefficient (Wildman–Crippen LogP) is 7.90. The summed E-state index contributed by atoms with van der Waals surface area (Å²) in [5.41, 5.74) is 5.46. The van der Waals surface area contributed by atoms with Gasteiger partial charge in [0.1, 0.15) is 0 Å². The van der Waals surface area contributed by atoms with Gasteiger partial charge < -0.3 is 9.13 Å². The van der Waals surface area contributed by atoms with Crippen molar-refractivity contribution in [2.24, 2.45) is 13.0 Å². The topological polar surface area (TPSA) is 9.86 Å². The van der Waals surface area contributed by atoms with Crippen LogP contribution in [-0.2, 0) is 13.6 Å². The van der Waals surface area contributed by atoms with E-state index >= 15 is 0 Å². The Balaban J connectivity index is 0.000000181. The second-order valence-corrected chi connectivity index (χ2v) is 7.37. The maximum Gasteiger partial charge on any atom is 0.0483 e. The Bertz CT molecular complexity index is 980. The van der Waals surface area contributed by atoms with Crippen LogP contribution in [0.4, 0.5) is 0 Å². The Morgan fingerprint density at radius 2 is 1.21 bits per heavy atom. The molecule has 29 heavy (non-hydrogen) atoms. The lowest BCUT2D eigenvalue weighted by molar-refractivity contribution is 0.646. The van der Waals surface area contributed by atoms with Crippen molar-refractivity contribution >= 4 is 21.8 Å². The highest BCUT2D eigenvalue weighted by molar-refractivity contribution is 5.84. The molecule has 0 atom stereocenters. The van der Waals surface area contributed by atoms with Gasteiger partial charge in [-0.3, -0.25) is 0 Å². The Morgan fingerprint density at radius 3 is 1.76 bits per heavy atom. The highest BCUT2D eigenvalue weighted by Gasteiger charge is 2.22. The van der Waals surface area contributed by atoms with Gasteiger partial charge in [0, 0.05) is 47.8 Å². The summed E-state index contributed by atoms with van der Waals surface area (Å²) in [5.74, 6) is 0.949. The van der Waals surface area contributed by atoms with Crippen LogP contribution in [0.3, 0.4) is 0 Å². The van der Waals surface area contributed by atoms with E-state index in [1.165, 1.54) is 52.3 Å². The molecule has 5 rings (SSSR count). The van der Waals surface area contributed by atoms with Gasteiger partial charge in [-0.15, -0.1) is 0 Å². The van der Waals surface area contributed by atoms with Gasteiger partial charge >= 0.3 is 0 Å². The van der Waals surface area contributed by atoms with Gasteiger partial charge in [-0.1, -0.05) is 64.1 Å². The van der Waals surface area contributed by atoms with E-state index in [9.17, 15) is 0 Å².